The Morgan fingerprint density at radius 1 is 1.58 bits per heavy atom. The highest BCUT2D eigenvalue weighted by Gasteiger charge is 2.19. The van der Waals surface area contributed by atoms with E-state index < -0.39 is 10.0 Å². The summed E-state index contributed by atoms with van der Waals surface area (Å²) in [5, 5.41) is 3.19. The summed E-state index contributed by atoms with van der Waals surface area (Å²) in [7, 11) is -1.55. The zero-order chi connectivity index (χ0) is 9.03. The Balaban J connectivity index is 2.39. The summed E-state index contributed by atoms with van der Waals surface area (Å²) in [5.74, 6) is 0.549. The van der Waals surface area contributed by atoms with Gasteiger partial charge in [0.05, 0.1) is 5.75 Å². The standard InChI is InChI=1S/C7H16N2O2S/c1-8-12(10,11)6-7-3-2-4-9-5-7/h7-9H,2-6H2,1H3/t7-/m1/s1. The van der Waals surface area contributed by atoms with Crippen molar-refractivity contribution in [3.05, 3.63) is 0 Å². The first-order chi connectivity index (χ1) is 5.64. The van der Waals surface area contributed by atoms with Crippen molar-refractivity contribution in [1.82, 2.24) is 10.0 Å². The molecule has 0 radical (unpaired) electrons. The van der Waals surface area contributed by atoms with E-state index in [4.69, 9.17) is 0 Å². The monoisotopic (exact) mass is 192 g/mol. The molecule has 2 N–H and O–H groups in total. The van der Waals surface area contributed by atoms with Crippen LogP contribution in [0.4, 0.5) is 0 Å². The summed E-state index contributed by atoms with van der Waals surface area (Å²) in [6.07, 6.45) is 2.11. The van der Waals surface area contributed by atoms with Gasteiger partial charge in [-0.15, -0.1) is 0 Å². The minimum absolute atomic E-state index is 0.260. The summed E-state index contributed by atoms with van der Waals surface area (Å²) < 4.78 is 24.6. The lowest BCUT2D eigenvalue weighted by atomic mass is 10.0. The van der Waals surface area contributed by atoms with Gasteiger partial charge in [0, 0.05) is 0 Å². The van der Waals surface area contributed by atoms with Gasteiger partial charge in [0.2, 0.25) is 10.0 Å². The lowest BCUT2D eigenvalue weighted by Gasteiger charge is -2.21. The van der Waals surface area contributed by atoms with Crippen molar-refractivity contribution >= 4 is 10.0 Å². The van der Waals surface area contributed by atoms with Gasteiger partial charge in [-0.3, -0.25) is 0 Å². The average molecular weight is 192 g/mol. The molecule has 0 unspecified atom stereocenters. The summed E-state index contributed by atoms with van der Waals surface area (Å²) in [6, 6.07) is 0. The molecule has 1 fully saturated rings. The van der Waals surface area contributed by atoms with Crippen LogP contribution in [0.15, 0.2) is 0 Å². The van der Waals surface area contributed by atoms with Crippen molar-refractivity contribution in [2.75, 3.05) is 25.9 Å². The fourth-order valence-corrected chi connectivity index (χ4v) is 2.53. The predicted molar refractivity (Wildman–Crippen MR) is 48.4 cm³/mol. The number of piperidine rings is 1. The fraction of sp³-hybridized carbons (Fsp3) is 1.00. The van der Waals surface area contributed by atoms with Crippen LogP contribution in [0.25, 0.3) is 0 Å². The van der Waals surface area contributed by atoms with Crippen molar-refractivity contribution < 1.29 is 8.42 Å². The Hall–Kier alpha value is -0.130. The van der Waals surface area contributed by atoms with Crippen molar-refractivity contribution in [3.8, 4) is 0 Å². The third-order valence-corrected chi connectivity index (χ3v) is 3.70. The molecule has 1 rings (SSSR count). The highest BCUT2D eigenvalue weighted by atomic mass is 32.2. The highest BCUT2D eigenvalue weighted by molar-refractivity contribution is 7.89. The van der Waals surface area contributed by atoms with E-state index >= 15 is 0 Å². The minimum Gasteiger partial charge on any atom is -0.316 e. The van der Waals surface area contributed by atoms with E-state index in [0.717, 1.165) is 25.9 Å². The molecule has 1 saturated heterocycles. The maximum absolute atomic E-state index is 11.1. The topological polar surface area (TPSA) is 58.2 Å². The quantitative estimate of drug-likeness (QED) is 0.636. The molecular weight excluding hydrogens is 176 g/mol. The van der Waals surface area contributed by atoms with E-state index in [1.54, 1.807) is 0 Å². The maximum Gasteiger partial charge on any atom is 0.211 e. The van der Waals surface area contributed by atoms with Gasteiger partial charge >= 0.3 is 0 Å². The zero-order valence-corrected chi connectivity index (χ0v) is 8.15. The van der Waals surface area contributed by atoms with Gasteiger partial charge in [-0.2, -0.15) is 0 Å². The summed E-state index contributed by atoms with van der Waals surface area (Å²) in [6.45, 7) is 1.86. The van der Waals surface area contributed by atoms with E-state index in [0.29, 0.717) is 0 Å². The van der Waals surface area contributed by atoms with Gasteiger partial charge in [0.15, 0.2) is 0 Å². The molecule has 0 spiro atoms. The highest BCUT2D eigenvalue weighted by Crippen LogP contribution is 2.11. The van der Waals surface area contributed by atoms with Crippen molar-refractivity contribution in [1.29, 1.82) is 0 Å². The van der Waals surface area contributed by atoms with Gasteiger partial charge in [-0.05, 0) is 38.9 Å². The number of rotatable bonds is 3. The van der Waals surface area contributed by atoms with Gasteiger partial charge in [0.25, 0.3) is 0 Å². The smallest absolute Gasteiger partial charge is 0.211 e. The normalized spacial score (nSPS) is 25.6. The molecule has 1 atom stereocenters. The molecule has 1 aliphatic rings. The van der Waals surface area contributed by atoms with Crippen LogP contribution in [0, 0.1) is 5.92 Å². The molecule has 4 nitrogen and oxygen atoms in total. The molecule has 0 amide bonds. The first-order valence-corrected chi connectivity index (χ1v) is 5.91. The van der Waals surface area contributed by atoms with Gasteiger partial charge in [-0.25, -0.2) is 13.1 Å². The second-order valence-electron chi connectivity index (χ2n) is 3.20. The summed E-state index contributed by atoms with van der Waals surface area (Å²) in [5.41, 5.74) is 0. The van der Waals surface area contributed by atoms with Gasteiger partial charge in [-0.1, -0.05) is 0 Å². The number of hydrogen-bond donors (Lipinski definition) is 2. The predicted octanol–water partition coefficient (Wildman–Crippen LogP) is -0.465. The van der Waals surface area contributed by atoms with E-state index in [1.165, 1.54) is 7.05 Å². The first-order valence-electron chi connectivity index (χ1n) is 4.26. The van der Waals surface area contributed by atoms with Crippen LogP contribution in [0.2, 0.25) is 0 Å². The lowest BCUT2D eigenvalue weighted by molar-refractivity contribution is 0.403. The van der Waals surface area contributed by atoms with Gasteiger partial charge in [0.1, 0.15) is 0 Å². The molecule has 0 aromatic rings. The third-order valence-electron chi connectivity index (χ3n) is 2.17. The van der Waals surface area contributed by atoms with Crippen LogP contribution >= 0.6 is 0 Å². The summed E-state index contributed by atoms with van der Waals surface area (Å²) >= 11 is 0. The Bertz CT molecular complexity index is 220. The van der Waals surface area contributed by atoms with Crippen LogP contribution in [0.3, 0.4) is 0 Å². The molecule has 1 heterocycles. The van der Waals surface area contributed by atoms with Crippen LogP contribution in [0.1, 0.15) is 12.8 Å². The van der Waals surface area contributed by atoms with Crippen molar-refractivity contribution in [2.45, 2.75) is 12.8 Å². The van der Waals surface area contributed by atoms with E-state index in [1.807, 2.05) is 0 Å². The van der Waals surface area contributed by atoms with Crippen molar-refractivity contribution in [2.24, 2.45) is 5.92 Å². The SMILES string of the molecule is CNS(=O)(=O)C[C@@H]1CCCNC1. The van der Waals surface area contributed by atoms with Crippen LogP contribution < -0.4 is 10.0 Å². The Labute approximate surface area is 73.8 Å². The average Bonchev–Trinajstić information content (AvgIpc) is 2.06. The van der Waals surface area contributed by atoms with E-state index in [2.05, 4.69) is 10.0 Å². The number of hydrogen-bond acceptors (Lipinski definition) is 3. The molecule has 0 saturated carbocycles. The molecule has 0 aromatic carbocycles. The number of sulfonamides is 1. The third kappa shape index (κ3) is 3.08. The van der Waals surface area contributed by atoms with Crippen molar-refractivity contribution in [3.63, 3.8) is 0 Å². The minimum atomic E-state index is -3.01. The summed E-state index contributed by atoms with van der Waals surface area (Å²) in [4.78, 5) is 0. The Morgan fingerprint density at radius 3 is 2.83 bits per heavy atom. The van der Waals surface area contributed by atoms with E-state index in [9.17, 15) is 8.42 Å². The Kier molecular flexibility index (Phi) is 3.49. The van der Waals surface area contributed by atoms with Crippen LogP contribution in [0.5, 0.6) is 0 Å². The fourth-order valence-electron chi connectivity index (χ4n) is 1.46. The first kappa shape index (κ1) is 9.95. The molecule has 0 aromatic heterocycles. The second kappa shape index (κ2) is 4.20. The van der Waals surface area contributed by atoms with Crippen LogP contribution in [-0.4, -0.2) is 34.3 Å². The lowest BCUT2D eigenvalue weighted by Crippen LogP contribution is -2.36. The zero-order valence-electron chi connectivity index (χ0n) is 7.34. The maximum atomic E-state index is 11.1. The molecule has 72 valence electrons. The van der Waals surface area contributed by atoms with E-state index in [-0.39, 0.29) is 11.7 Å². The molecule has 5 heteroatoms. The van der Waals surface area contributed by atoms with Crippen LogP contribution in [-0.2, 0) is 10.0 Å². The molecule has 1 aliphatic heterocycles. The largest absolute Gasteiger partial charge is 0.316 e. The molecule has 0 aliphatic carbocycles. The number of nitrogens with one attached hydrogen (secondary N) is 2. The molecular formula is C7H16N2O2S. The molecule has 12 heavy (non-hydrogen) atoms. The second-order valence-corrected chi connectivity index (χ2v) is 5.17. The van der Waals surface area contributed by atoms with Gasteiger partial charge < -0.3 is 5.32 Å². The molecule has 0 bridgehead atoms. The Morgan fingerprint density at radius 2 is 2.33 bits per heavy atom.